The van der Waals surface area contributed by atoms with Crippen molar-refractivity contribution in [1.82, 2.24) is 10.6 Å². The van der Waals surface area contributed by atoms with Crippen molar-refractivity contribution in [3.05, 3.63) is 20.8 Å². The van der Waals surface area contributed by atoms with Crippen molar-refractivity contribution < 1.29 is 13.6 Å². The van der Waals surface area contributed by atoms with Gasteiger partial charge in [-0.2, -0.15) is 0 Å². The summed E-state index contributed by atoms with van der Waals surface area (Å²) in [5, 5.41) is 7.07. The van der Waals surface area contributed by atoms with Gasteiger partial charge in [-0.05, 0) is 22.0 Å². The molecule has 1 aliphatic heterocycles. The van der Waals surface area contributed by atoms with Gasteiger partial charge in [0.1, 0.15) is 0 Å². The zero-order valence-corrected chi connectivity index (χ0v) is 12.4. The average Bonchev–Trinajstić information content (AvgIpc) is 2.81. The molecule has 1 aromatic rings. The molecule has 1 amide bonds. The molecule has 2 N–H and O–H groups in total. The van der Waals surface area contributed by atoms with Crippen LogP contribution in [-0.2, 0) is 11.3 Å². The highest BCUT2D eigenvalue weighted by atomic mass is 79.9. The molecule has 2 heterocycles. The maximum atomic E-state index is 12.9. The monoisotopic (exact) mass is 360 g/mol. The second kappa shape index (κ2) is 6.27. The standard InChI is InChI=1S/C10H11BrF2N2OS.ClH/c11-6-1-7(17-4-6)3-14-9(16)8-2-10(12,13)5-15-8;/h1,4,8,15H,2-3,5H2,(H,14,16);1H. The molecule has 1 unspecified atom stereocenters. The third-order valence-corrected chi connectivity index (χ3v) is 4.18. The molecule has 3 nitrogen and oxygen atoms in total. The summed E-state index contributed by atoms with van der Waals surface area (Å²) in [7, 11) is 0. The molecule has 0 radical (unpaired) electrons. The SMILES string of the molecule is Cl.O=C(NCc1cc(Br)cs1)C1CC(F)(F)CN1. The van der Waals surface area contributed by atoms with Crippen LogP contribution in [0.2, 0.25) is 0 Å². The molecule has 18 heavy (non-hydrogen) atoms. The third-order valence-electron chi connectivity index (χ3n) is 2.48. The fourth-order valence-corrected chi connectivity index (χ4v) is 3.04. The average molecular weight is 362 g/mol. The van der Waals surface area contributed by atoms with Gasteiger partial charge in [0.2, 0.25) is 5.91 Å². The number of alkyl halides is 2. The van der Waals surface area contributed by atoms with Crippen molar-refractivity contribution in [2.75, 3.05) is 6.54 Å². The highest BCUT2D eigenvalue weighted by molar-refractivity contribution is 9.10. The van der Waals surface area contributed by atoms with Crippen LogP contribution in [0.15, 0.2) is 15.9 Å². The molecule has 1 fully saturated rings. The van der Waals surface area contributed by atoms with Crippen LogP contribution in [0, 0.1) is 0 Å². The lowest BCUT2D eigenvalue weighted by molar-refractivity contribution is -0.123. The fraction of sp³-hybridized carbons (Fsp3) is 0.500. The number of hydrogen-bond acceptors (Lipinski definition) is 3. The van der Waals surface area contributed by atoms with E-state index in [1.165, 1.54) is 11.3 Å². The summed E-state index contributed by atoms with van der Waals surface area (Å²) < 4.78 is 26.7. The number of rotatable bonds is 3. The predicted octanol–water partition coefficient (Wildman–Crippen LogP) is 2.55. The molecule has 0 aliphatic carbocycles. The second-order valence-corrected chi connectivity index (χ2v) is 5.85. The first-order valence-corrected chi connectivity index (χ1v) is 6.75. The molecule has 8 heteroatoms. The van der Waals surface area contributed by atoms with E-state index in [2.05, 4.69) is 26.6 Å². The minimum atomic E-state index is -2.77. The predicted molar refractivity (Wildman–Crippen MR) is 72.5 cm³/mol. The van der Waals surface area contributed by atoms with Crippen LogP contribution in [0.5, 0.6) is 0 Å². The van der Waals surface area contributed by atoms with E-state index in [9.17, 15) is 13.6 Å². The second-order valence-electron chi connectivity index (χ2n) is 3.94. The Morgan fingerprint density at radius 2 is 2.39 bits per heavy atom. The Hall–Kier alpha value is -0.240. The summed E-state index contributed by atoms with van der Waals surface area (Å²) in [6.07, 6.45) is -0.424. The van der Waals surface area contributed by atoms with Crippen LogP contribution in [0.4, 0.5) is 8.78 Å². The number of nitrogens with one attached hydrogen (secondary N) is 2. The van der Waals surface area contributed by atoms with E-state index in [1.54, 1.807) is 0 Å². The van der Waals surface area contributed by atoms with E-state index < -0.39 is 24.9 Å². The van der Waals surface area contributed by atoms with E-state index in [1.807, 2.05) is 11.4 Å². The minimum Gasteiger partial charge on any atom is -0.350 e. The maximum Gasteiger partial charge on any atom is 0.262 e. The largest absolute Gasteiger partial charge is 0.350 e. The van der Waals surface area contributed by atoms with Crippen molar-refractivity contribution >= 4 is 45.6 Å². The first kappa shape index (κ1) is 15.8. The molecule has 0 aromatic carbocycles. The third kappa shape index (κ3) is 4.15. The number of thiophene rings is 1. The fourth-order valence-electron chi connectivity index (χ4n) is 1.64. The minimum absolute atomic E-state index is 0. The van der Waals surface area contributed by atoms with Crippen molar-refractivity contribution in [2.45, 2.75) is 24.9 Å². The van der Waals surface area contributed by atoms with Crippen LogP contribution >= 0.6 is 39.7 Å². The van der Waals surface area contributed by atoms with Gasteiger partial charge in [-0.3, -0.25) is 10.1 Å². The van der Waals surface area contributed by atoms with Crippen molar-refractivity contribution in [2.24, 2.45) is 0 Å². The summed E-state index contributed by atoms with van der Waals surface area (Å²) in [4.78, 5) is 12.6. The Labute approximate surface area is 122 Å². The molecule has 1 atom stereocenters. The summed E-state index contributed by atoms with van der Waals surface area (Å²) in [6.45, 7) is -0.0471. The molecule has 0 bridgehead atoms. The van der Waals surface area contributed by atoms with Crippen LogP contribution in [0.1, 0.15) is 11.3 Å². The molecular weight excluding hydrogens is 350 g/mol. The van der Waals surface area contributed by atoms with Crippen LogP contribution < -0.4 is 10.6 Å². The number of hydrogen-bond donors (Lipinski definition) is 2. The number of amides is 1. The number of carbonyl (C=O) groups excluding carboxylic acids is 1. The highest BCUT2D eigenvalue weighted by Gasteiger charge is 2.42. The summed E-state index contributed by atoms with van der Waals surface area (Å²) in [5.41, 5.74) is 0. The lowest BCUT2D eigenvalue weighted by Crippen LogP contribution is -2.39. The van der Waals surface area contributed by atoms with E-state index >= 15 is 0 Å². The molecule has 1 saturated heterocycles. The Kier molecular flexibility index (Phi) is 5.51. The van der Waals surface area contributed by atoms with Crippen molar-refractivity contribution in [3.63, 3.8) is 0 Å². The molecule has 0 saturated carbocycles. The summed E-state index contributed by atoms with van der Waals surface area (Å²) >= 11 is 4.81. The van der Waals surface area contributed by atoms with E-state index in [0.29, 0.717) is 6.54 Å². The van der Waals surface area contributed by atoms with Crippen LogP contribution in [0.25, 0.3) is 0 Å². The zero-order valence-electron chi connectivity index (χ0n) is 9.21. The van der Waals surface area contributed by atoms with Gasteiger partial charge in [0.15, 0.2) is 0 Å². The quantitative estimate of drug-likeness (QED) is 0.869. The van der Waals surface area contributed by atoms with Crippen LogP contribution in [0.3, 0.4) is 0 Å². The normalized spacial score (nSPS) is 21.4. The van der Waals surface area contributed by atoms with Gasteiger partial charge < -0.3 is 5.32 Å². The molecule has 2 rings (SSSR count). The maximum absolute atomic E-state index is 12.9. The zero-order chi connectivity index (χ0) is 12.5. The highest BCUT2D eigenvalue weighted by Crippen LogP contribution is 2.25. The van der Waals surface area contributed by atoms with Gasteiger partial charge in [-0.25, -0.2) is 8.78 Å². The van der Waals surface area contributed by atoms with Gasteiger partial charge >= 0.3 is 0 Å². The lowest BCUT2D eigenvalue weighted by atomic mass is 10.2. The molecule has 1 aliphatic rings. The molecule has 0 spiro atoms. The van der Waals surface area contributed by atoms with E-state index in [0.717, 1.165) is 9.35 Å². The van der Waals surface area contributed by atoms with E-state index in [-0.39, 0.29) is 18.3 Å². The van der Waals surface area contributed by atoms with Gasteiger partial charge in [0, 0.05) is 21.2 Å². The molecule has 1 aromatic heterocycles. The lowest BCUT2D eigenvalue weighted by Gasteiger charge is -2.10. The van der Waals surface area contributed by atoms with Gasteiger partial charge in [-0.15, -0.1) is 23.7 Å². The smallest absolute Gasteiger partial charge is 0.262 e. The Balaban J connectivity index is 0.00000162. The number of halogens is 4. The Bertz CT molecular complexity index is 430. The first-order valence-electron chi connectivity index (χ1n) is 5.08. The van der Waals surface area contributed by atoms with Crippen molar-refractivity contribution in [3.8, 4) is 0 Å². The van der Waals surface area contributed by atoms with Gasteiger partial charge in [0.05, 0.1) is 19.1 Å². The molecule has 102 valence electrons. The molecular formula is C10H12BrClF2N2OS. The summed E-state index contributed by atoms with van der Waals surface area (Å²) in [5.74, 6) is -3.14. The van der Waals surface area contributed by atoms with Crippen LogP contribution in [-0.4, -0.2) is 24.4 Å². The topological polar surface area (TPSA) is 41.1 Å². The summed E-state index contributed by atoms with van der Waals surface area (Å²) in [6, 6.07) is 1.11. The van der Waals surface area contributed by atoms with Crippen molar-refractivity contribution in [1.29, 1.82) is 0 Å². The van der Waals surface area contributed by atoms with Gasteiger partial charge in [-0.1, -0.05) is 0 Å². The van der Waals surface area contributed by atoms with E-state index in [4.69, 9.17) is 0 Å². The van der Waals surface area contributed by atoms with Gasteiger partial charge in [0.25, 0.3) is 5.92 Å². The Morgan fingerprint density at radius 3 is 2.89 bits per heavy atom. The Morgan fingerprint density at radius 1 is 1.67 bits per heavy atom. The number of carbonyl (C=O) groups is 1. The first-order chi connectivity index (χ1) is 7.96.